The second-order valence-electron chi connectivity index (χ2n) is 4.15. The van der Waals surface area contributed by atoms with Gasteiger partial charge in [0, 0.05) is 37.2 Å². The van der Waals surface area contributed by atoms with E-state index in [1.165, 1.54) is 0 Å². The number of nitrogens with zero attached hydrogens (tertiary/aromatic N) is 2. The van der Waals surface area contributed by atoms with Gasteiger partial charge in [0.05, 0.1) is 0 Å². The maximum Gasteiger partial charge on any atom is 0.124 e. The van der Waals surface area contributed by atoms with Crippen LogP contribution in [0.1, 0.15) is 11.1 Å². The van der Waals surface area contributed by atoms with Gasteiger partial charge in [-0.15, -0.1) is 0 Å². The number of nitrogen functional groups attached to an aromatic ring is 1. The molecule has 1 heterocycles. The number of nitrogens with one attached hydrogen (secondary N) is 1. The third kappa shape index (κ3) is 2.66. The Bertz CT molecular complexity index is 537. The normalized spacial score (nSPS) is 10.1. The lowest BCUT2D eigenvalue weighted by Crippen LogP contribution is -2.21. The van der Waals surface area contributed by atoms with Crippen molar-refractivity contribution in [2.24, 2.45) is 5.73 Å². The number of anilines is 1. The van der Waals surface area contributed by atoms with Crippen molar-refractivity contribution in [3.05, 3.63) is 59.9 Å². The summed E-state index contributed by atoms with van der Waals surface area (Å²) in [6, 6.07) is 11.6. The minimum Gasteiger partial charge on any atom is -0.384 e. The summed E-state index contributed by atoms with van der Waals surface area (Å²) < 4.78 is 0. The Labute approximate surface area is 107 Å². The van der Waals surface area contributed by atoms with Crippen LogP contribution in [0, 0.1) is 5.41 Å². The van der Waals surface area contributed by atoms with Crippen molar-refractivity contribution in [1.82, 2.24) is 4.98 Å². The third-order valence-electron chi connectivity index (χ3n) is 2.75. The average Bonchev–Trinajstić information content (AvgIpc) is 2.40. The van der Waals surface area contributed by atoms with Crippen molar-refractivity contribution >= 4 is 11.5 Å². The SMILES string of the molecule is CN(Cc1cccnc1)c1ccccc1C(=N)N. The lowest BCUT2D eigenvalue weighted by Gasteiger charge is -2.22. The van der Waals surface area contributed by atoms with Crippen LogP contribution in [0.4, 0.5) is 5.69 Å². The van der Waals surface area contributed by atoms with E-state index in [4.69, 9.17) is 11.1 Å². The zero-order chi connectivity index (χ0) is 13.0. The molecule has 0 amide bonds. The van der Waals surface area contributed by atoms with Gasteiger partial charge in [0.1, 0.15) is 5.84 Å². The fraction of sp³-hybridized carbons (Fsp3) is 0.143. The quantitative estimate of drug-likeness (QED) is 0.634. The molecule has 2 rings (SSSR count). The first-order valence-corrected chi connectivity index (χ1v) is 5.72. The molecular weight excluding hydrogens is 224 g/mol. The highest BCUT2D eigenvalue weighted by atomic mass is 15.1. The van der Waals surface area contributed by atoms with Gasteiger partial charge >= 0.3 is 0 Å². The molecule has 0 saturated carbocycles. The Morgan fingerprint density at radius 3 is 2.72 bits per heavy atom. The first-order valence-electron chi connectivity index (χ1n) is 5.72. The smallest absolute Gasteiger partial charge is 0.124 e. The molecule has 2 aromatic rings. The average molecular weight is 240 g/mol. The molecule has 1 aromatic heterocycles. The van der Waals surface area contributed by atoms with E-state index < -0.39 is 0 Å². The standard InChI is InChI=1S/C14H16N4/c1-18(10-11-5-4-8-17-9-11)13-7-3-2-6-12(13)14(15)16/h2-9H,10H2,1H3,(H3,15,16). The summed E-state index contributed by atoms with van der Waals surface area (Å²) in [6.07, 6.45) is 3.60. The van der Waals surface area contributed by atoms with Gasteiger partial charge < -0.3 is 10.6 Å². The molecule has 0 fully saturated rings. The van der Waals surface area contributed by atoms with E-state index in [-0.39, 0.29) is 5.84 Å². The van der Waals surface area contributed by atoms with Gasteiger partial charge in [0.15, 0.2) is 0 Å². The van der Waals surface area contributed by atoms with Gasteiger partial charge in [-0.1, -0.05) is 18.2 Å². The van der Waals surface area contributed by atoms with E-state index in [1.54, 1.807) is 6.20 Å². The first kappa shape index (κ1) is 12.1. The lowest BCUT2D eigenvalue weighted by molar-refractivity contribution is 0.913. The van der Waals surface area contributed by atoms with Crippen LogP contribution in [0.25, 0.3) is 0 Å². The largest absolute Gasteiger partial charge is 0.384 e. The summed E-state index contributed by atoms with van der Waals surface area (Å²) >= 11 is 0. The lowest BCUT2D eigenvalue weighted by atomic mass is 10.1. The summed E-state index contributed by atoms with van der Waals surface area (Å²) in [5, 5.41) is 7.59. The van der Waals surface area contributed by atoms with Crippen LogP contribution in [0.15, 0.2) is 48.8 Å². The number of rotatable bonds is 4. The van der Waals surface area contributed by atoms with E-state index in [1.807, 2.05) is 49.6 Å². The number of hydrogen-bond acceptors (Lipinski definition) is 3. The van der Waals surface area contributed by atoms with E-state index in [0.29, 0.717) is 0 Å². The molecule has 0 unspecified atom stereocenters. The molecule has 18 heavy (non-hydrogen) atoms. The van der Waals surface area contributed by atoms with Gasteiger partial charge in [-0.2, -0.15) is 0 Å². The zero-order valence-corrected chi connectivity index (χ0v) is 10.3. The van der Waals surface area contributed by atoms with Crippen molar-refractivity contribution in [2.45, 2.75) is 6.54 Å². The predicted octanol–water partition coefficient (Wildman–Crippen LogP) is 2.00. The number of amidine groups is 1. The first-order chi connectivity index (χ1) is 8.68. The molecule has 0 spiro atoms. The van der Waals surface area contributed by atoms with E-state index >= 15 is 0 Å². The summed E-state index contributed by atoms with van der Waals surface area (Å²) in [7, 11) is 1.98. The van der Waals surface area contributed by atoms with Gasteiger partial charge in [-0.05, 0) is 23.8 Å². The minimum atomic E-state index is 0.0867. The van der Waals surface area contributed by atoms with Crippen LogP contribution in [0.5, 0.6) is 0 Å². The predicted molar refractivity (Wildman–Crippen MR) is 73.8 cm³/mol. The fourth-order valence-electron chi connectivity index (χ4n) is 1.88. The summed E-state index contributed by atoms with van der Waals surface area (Å²) in [5.74, 6) is 0.0867. The second-order valence-corrected chi connectivity index (χ2v) is 4.15. The van der Waals surface area contributed by atoms with Crippen LogP contribution in [0.2, 0.25) is 0 Å². The monoisotopic (exact) mass is 240 g/mol. The molecule has 0 aliphatic rings. The zero-order valence-electron chi connectivity index (χ0n) is 10.3. The summed E-state index contributed by atoms with van der Waals surface area (Å²) in [4.78, 5) is 6.16. The highest BCUT2D eigenvalue weighted by Gasteiger charge is 2.09. The van der Waals surface area contributed by atoms with Gasteiger partial charge in [-0.3, -0.25) is 10.4 Å². The van der Waals surface area contributed by atoms with E-state index in [9.17, 15) is 0 Å². The molecule has 4 heteroatoms. The maximum absolute atomic E-state index is 7.59. The van der Waals surface area contributed by atoms with Crippen LogP contribution in [-0.2, 0) is 6.54 Å². The highest BCUT2D eigenvalue weighted by Crippen LogP contribution is 2.20. The van der Waals surface area contributed by atoms with Crippen LogP contribution in [0.3, 0.4) is 0 Å². The van der Waals surface area contributed by atoms with Crippen molar-refractivity contribution in [3.8, 4) is 0 Å². The van der Waals surface area contributed by atoms with E-state index in [2.05, 4.69) is 9.88 Å². The molecule has 4 nitrogen and oxygen atoms in total. The number of hydrogen-bond donors (Lipinski definition) is 2. The van der Waals surface area contributed by atoms with Crippen molar-refractivity contribution < 1.29 is 0 Å². The maximum atomic E-state index is 7.59. The van der Waals surface area contributed by atoms with Crippen molar-refractivity contribution in [3.63, 3.8) is 0 Å². The second kappa shape index (κ2) is 5.31. The Morgan fingerprint density at radius 2 is 2.06 bits per heavy atom. The van der Waals surface area contributed by atoms with Crippen molar-refractivity contribution in [2.75, 3.05) is 11.9 Å². The minimum absolute atomic E-state index is 0.0867. The van der Waals surface area contributed by atoms with Crippen LogP contribution in [-0.4, -0.2) is 17.9 Å². The Morgan fingerprint density at radius 1 is 1.28 bits per heavy atom. The van der Waals surface area contributed by atoms with Gasteiger partial charge in [0.2, 0.25) is 0 Å². The summed E-state index contributed by atoms with van der Waals surface area (Å²) in [6.45, 7) is 0.734. The number of nitrogens with two attached hydrogens (primary N) is 1. The molecule has 0 aliphatic carbocycles. The molecule has 0 aliphatic heterocycles. The fourth-order valence-corrected chi connectivity index (χ4v) is 1.88. The van der Waals surface area contributed by atoms with Crippen LogP contribution >= 0.6 is 0 Å². The number of para-hydroxylation sites is 1. The van der Waals surface area contributed by atoms with Gasteiger partial charge in [0.25, 0.3) is 0 Å². The highest BCUT2D eigenvalue weighted by molar-refractivity contribution is 6.00. The Hall–Kier alpha value is -2.36. The topological polar surface area (TPSA) is 66.0 Å². The van der Waals surface area contributed by atoms with E-state index in [0.717, 1.165) is 23.4 Å². The Kier molecular flexibility index (Phi) is 3.57. The number of pyridine rings is 1. The molecule has 0 atom stereocenters. The van der Waals surface area contributed by atoms with Gasteiger partial charge in [-0.25, -0.2) is 0 Å². The molecular formula is C14H16N4. The molecule has 0 saturated heterocycles. The van der Waals surface area contributed by atoms with Crippen molar-refractivity contribution in [1.29, 1.82) is 5.41 Å². The third-order valence-corrected chi connectivity index (χ3v) is 2.75. The summed E-state index contributed by atoms with van der Waals surface area (Å²) in [5.41, 5.74) is 8.42. The molecule has 3 N–H and O–H groups in total. The molecule has 92 valence electrons. The van der Waals surface area contributed by atoms with Crippen LogP contribution < -0.4 is 10.6 Å². The Balaban J connectivity index is 2.24. The number of aromatic nitrogens is 1. The molecule has 0 bridgehead atoms. The number of benzene rings is 1. The molecule has 0 radical (unpaired) electrons. The molecule has 1 aromatic carbocycles.